The summed E-state index contributed by atoms with van der Waals surface area (Å²) in [7, 11) is 0. The summed E-state index contributed by atoms with van der Waals surface area (Å²) in [6.07, 6.45) is 0.612. The zero-order chi connectivity index (χ0) is 20.3. The Bertz CT molecular complexity index is 932. The van der Waals surface area contributed by atoms with E-state index in [2.05, 4.69) is 4.85 Å². The van der Waals surface area contributed by atoms with E-state index >= 15 is 0 Å². The van der Waals surface area contributed by atoms with Gasteiger partial charge in [0.15, 0.2) is 5.69 Å². The number of ether oxygens (including phenoxy) is 1. The van der Waals surface area contributed by atoms with Crippen LogP contribution in [0, 0.1) is 13.5 Å². The number of amides is 3. The van der Waals surface area contributed by atoms with E-state index in [0.29, 0.717) is 30.9 Å². The van der Waals surface area contributed by atoms with Crippen molar-refractivity contribution in [3.63, 3.8) is 0 Å². The summed E-state index contributed by atoms with van der Waals surface area (Å²) < 4.78 is 5.68. The maximum Gasteiger partial charge on any atom is 0.332 e. The van der Waals surface area contributed by atoms with Gasteiger partial charge in [-0.2, -0.15) is 0 Å². The lowest BCUT2D eigenvalue weighted by Crippen LogP contribution is -2.44. The van der Waals surface area contributed by atoms with Crippen molar-refractivity contribution in [2.24, 2.45) is 0 Å². The van der Waals surface area contributed by atoms with Crippen molar-refractivity contribution in [2.75, 3.05) is 18.1 Å². The van der Waals surface area contributed by atoms with Crippen molar-refractivity contribution in [1.29, 1.82) is 0 Å². The SMILES string of the molecule is [C-]#[N+]c1ccc(N2C(=O)N(CCCOc3ccccc3)C(C)(C)C2=O)cc1C. The highest BCUT2D eigenvalue weighted by Crippen LogP contribution is 2.34. The minimum absolute atomic E-state index is 0.267. The number of anilines is 1. The van der Waals surface area contributed by atoms with Gasteiger partial charge in [-0.25, -0.2) is 14.5 Å². The van der Waals surface area contributed by atoms with Crippen molar-refractivity contribution in [3.8, 4) is 5.75 Å². The predicted octanol–water partition coefficient (Wildman–Crippen LogP) is 4.56. The number of para-hydroxylation sites is 1. The Labute approximate surface area is 165 Å². The number of carbonyl (C=O) groups is 2. The Morgan fingerprint density at radius 3 is 2.46 bits per heavy atom. The summed E-state index contributed by atoms with van der Waals surface area (Å²) in [6, 6.07) is 14.1. The second kappa shape index (κ2) is 7.73. The van der Waals surface area contributed by atoms with E-state index in [0.717, 1.165) is 11.3 Å². The molecule has 1 fully saturated rings. The van der Waals surface area contributed by atoms with Crippen LogP contribution < -0.4 is 9.64 Å². The molecule has 1 aliphatic heterocycles. The highest BCUT2D eigenvalue weighted by Gasteiger charge is 2.51. The molecule has 0 N–H and O–H groups in total. The van der Waals surface area contributed by atoms with E-state index in [9.17, 15) is 9.59 Å². The average Bonchev–Trinajstić information content (AvgIpc) is 2.85. The van der Waals surface area contributed by atoms with E-state index < -0.39 is 5.54 Å². The Balaban J connectivity index is 1.71. The lowest BCUT2D eigenvalue weighted by atomic mass is 10.0. The first-order valence-electron chi connectivity index (χ1n) is 9.18. The first kappa shape index (κ1) is 19.4. The monoisotopic (exact) mass is 377 g/mol. The number of rotatable bonds is 6. The van der Waals surface area contributed by atoms with Crippen molar-refractivity contribution in [2.45, 2.75) is 32.7 Å². The van der Waals surface area contributed by atoms with Gasteiger partial charge in [0.25, 0.3) is 5.91 Å². The van der Waals surface area contributed by atoms with E-state index in [1.807, 2.05) is 30.3 Å². The Hall–Kier alpha value is -3.33. The largest absolute Gasteiger partial charge is 0.494 e. The molecule has 1 heterocycles. The lowest BCUT2D eigenvalue weighted by molar-refractivity contribution is -0.123. The van der Waals surface area contributed by atoms with E-state index in [-0.39, 0.29) is 11.9 Å². The van der Waals surface area contributed by atoms with Crippen molar-refractivity contribution in [1.82, 2.24) is 4.90 Å². The van der Waals surface area contributed by atoms with Crippen LogP contribution in [0.2, 0.25) is 0 Å². The number of urea groups is 1. The quantitative estimate of drug-likeness (QED) is 0.421. The molecule has 144 valence electrons. The molecule has 1 aliphatic rings. The van der Waals surface area contributed by atoms with Crippen LogP contribution in [0.5, 0.6) is 5.75 Å². The van der Waals surface area contributed by atoms with Crippen LogP contribution >= 0.6 is 0 Å². The number of hydrogen-bond donors (Lipinski definition) is 0. The molecule has 6 heteroatoms. The van der Waals surface area contributed by atoms with Gasteiger partial charge >= 0.3 is 6.03 Å². The molecule has 0 atom stereocenters. The third-order valence-electron chi connectivity index (χ3n) is 4.92. The summed E-state index contributed by atoms with van der Waals surface area (Å²) in [6.45, 7) is 13.3. The second-order valence-electron chi connectivity index (χ2n) is 7.23. The van der Waals surface area contributed by atoms with Crippen LogP contribution in [0.25, 0.3) is 4.85 Å². The van der Waals surface area contributed by atoms with Crippen LogP contribution in [0.1, 0.15) is 25.8 Å². The summed E-state index contributed by atoms with van der Waals surface area (Å²) in [4.78, 5) is 32.2. The van der Waals surface area contributed by atoms with E-state index in [4.69, 9.17) is 11.3 Å². The molecule has 0 radical (unpaired) electrons. The highest BCUT2D eigenvalue weighted by molar-refractivity contribution is 6.23. The van der Waals surface area contributed by atoms with Gasteiger partial charge < -0.3 is 9.64 Å². The normalized spacial score (nSPS) is 15.6. The number of imide groups is 1. The number of nitrogens with zero attached hydrogens (tertiary/aromatic N) is 3. The van der Waals surface area contributed by atoms with Gasteiger partial charge in [0, 0.05) is 6.54 Å². The van der Waals surface area contributed by atoms with Gasteiger partial charge in [-0.15, -0.1) is 0 Å². The summed E-state index contributed by atoms with van der Waals surface area (Å²) >= 11 is 0. The zero-order valence-electron chi connectivity index (χ0n) is 16.3. The fourth-order valence-electron chi connectivity index (χ4n) is 3.27. The van der Waals surface area contributed by atoms with Crippen molar-refractivity contribution in [3.05, 3.63) is 65.5 Å². The molecule has 0 aromatic heterocycles. The molecule has 2 aromatic rings. The second-order valence-corrected chi connectivity index (χ2v) is 7.23. The summed E-state index contributed by atoms with van der Waals surface area (Å²) in [5, 5.41) is 0. The molecule has 3 rings (SSSR count). The highest BCUT2D eigenvalue weighted by atomic mass is 16.5. The van der Waals surface area contributed by atoms with E-state index in [1.54, 1.807) is 43.9 Å². The van der Waals surface area contributed by atoms with Crippen LogP contribution in [-0.2, 0) is 4.79 Å². The standard InChI is InChI=1S/C22H23N3O3/c1-16-15-17(11-12-19(16)23-4)25-20(26)22(2,3)24(21(25)27)13-8-14-28-18-9-6-5-7-10-18/h5-7,9-12,15H,8,13-14H2,1-3H3. The van der Waals surface area contributed by atoms with Gasteiger partial charge in [0.1, 0.15) is 11.3 Å². The van der Waals surface area contributed by atoms with Gasteiger partial charge in [-0.05, 0) is 57.0 Å². The van der Waals surface area contributed by atoms with Crippen LogP contribution in [-0.4, -0.2) is 35.5 Å². The minimum atomic E-state index is -0.934. The van der Waals surface area contributed by atoms with Crippen LogP contribution in [0.4, 0.5) is 16.2 Å². The Morgan fingerprint density at radius 1 is 1.11 bits per heavy atom. The smallest absolute Gasteiger partial charge is 0.332 e. The number of carbonyl (C=O) groups excluding carboxylic acids is 2. The number of benzene rings is 2. The molecule has 0 saturated carbocycles. The molecule has 6 nitrogen and oxygen atoms in total. The van der Waals surface area contributed by atoms with Gasteiger partial charge in [-0.3, -0.25) is 4.79 Å². The predicted molar refractivity (Wildman–Crippen MR) is 108 cm³/mol. The molecule has 1 saturated heterocycles. The molecule has 28 heavy (non-hydrogen) atoms. The van der Waals surface area contributed by atoms with Crippen molar-refractivity contribution >= 4 is 23.3 Å². The molecular formula is C22H23N3O3. The minimum Gasteiger partial charge on any atom is -0.494 e. The molecule has 0 spiro atoms. The number of hydrogen-bond acceptors (Lipinski definition) is 3. The molecule has 3 amide bonds. The molecule has 0 aliphatic carbocycles. The third-order valence-corrected chi connectivity index (χ3v) is 4.92. The summed E-state index contributed by atoms with van der Waals surface area (Å²) in [5.41, 5.74) is 0.810. The first-order valence-corrected chi connectivity index (χ1v) is 9.18. The lowest BCUT2D eigenvalue weighted by Gasteiger charge is -2.27. The fourth-order valence-corrected chi connectivity index (χ4v) is 3.27. The zero-order valence-corrected chi connectivity index (χ0v) is 16.3. The topological polar surface area (TPSA) is 54.2 Å². The third kappa shape index (κ3) is 3.56. The Morgan fingerprint density at radius 2 is 1.82 bits per heavy atom. The maximum absolute atomic E-state index is 13.0. The van der Waals surface area contributed by atoms with Crippen molar-refractivity contribution < 1.29 is 14.3 Å². The Kier molecular flexibility index (Phi) is 5.36. The maximum atomic E-state index is 13.0. The van der Waals surface area contributed by atoms with E-state index in [1.165, 1.54) is 4.90 Å². The number of aryl methyl sites for hydroxylation is 1. The van der Waals surface area contributed by atoms with Gasteiger partial charge in [0.05, 0.1) is 18.9 Å². The molecular weight excluding hydrogens is 354 g/mol. The van der Waals surface area contributed by atoms with Gasteiger partial charge in [-0.1, -0.05) is 24.3 Å². The van der Waals surface area contributed by atoms with Crippen LogP contribution in [0.15, 0.2) is 48.5 Å². The fraction of sp³-hybridized carbons (Fsp3) is 0.318. The summed E-state index contributed by atoms with van der Waals surface area (Å²) in [5.74, 6) is 0.513. The molecule has 0 bridgehead atoms. The van der Waals surface area contributed by atoms with Gasteiger partial charge in [0.2, 0.25) is 0 Å². The molecule has 0 unspecified atom stereocenters. The van der Waals surface area contributed by atoms with Crippen LogP contribution in [0.3, 0.4) is 0 Å². The average molecular weight is 377 g/mol. The first-order chi connectivity index (χ1) is 13.4. The molecule has 2 aromatic carbocycles.